The van der Waals surface area contributed by atoms with Gasteiger partial charge in [0.1, 0.15) is 0 Å². The second-order valence-electron chi connectivity index (χ2n) is 4.10. The van der Waals surface area contributed by atoms with Gasteiger partial charge in [0.15, 0.2) is 0 Å². The molecule has 2 N–H and O–H groups in total. The number of hydrogen-bond donors (Lipinski definition) is 2. The molecule has 1 aromatic rings. The van der Waals surface area contributed by atoms with Gasteiger partial charge < -0.3 is 10.6 Å². The van der Waals surface area contributed by atoms with Crippen molar-refractivity contribution in [2.75, 3.05) is 13.1 Å². The van der Waals surface area contributed by atoms with Crippen LogP contribution in [0.1, 0.15) is 25.6 Å². The molecule has 0 spiro atoms. The number of thiophene rings is 1. The lowest BCUT2D eigenvalue weighted by Crippen LogP contribution is -2.47. The normalized spacial score (nSPS) is 11.9. The van der Waals surface area contributed by atoms with Crippen LogP contribution in [0.15, 0.2) is 17.5 Å². The zero-order valence-corrected chi connectivity index (χ0v) is 10.1. The predicted octanol–water partition coefficient (Wildman–Crippen LogP) is 2.23. The van der Waals surface area contributed by atoms with Crippen molar-refractivity contribution < 1.29 is 0 Å². The fraction of sp³-hybridized carbons (Fsp3) is 0.636. The molecule has 2 nitrogen and oxygen atoms in total. The molecule has 3 heteroatoms. The molecule has 0 atom stereocenters. The average molecular weight is 212 g/mol. The highest BCUT2D eigenvalue weighted by Crippen LogP contribution is 2.08. The van der Waals surface area contributed by atoms with Crippen molar-refractivity contribution in [3.05, 3.63) is 22.4 Å². The van der Waals surface area contributed by atoms with E-state index >= 15 is 0 Å². The largest absolute Gasteiger partial charge is 0.311 e. The van der Waals surface area contributed by atoms with Crippen LogP contribution in [-0.2, 0) is 6.54 Å². The van der Waals surface area contributed by atoms with Gasteiger partial charge >= 0.3 is 0 Å². The Hall–Kier alpha value is -0.380. The van der Waals surface area contributed by atoms with Crippen LogP contribution >= 0.6 is 11.3 Å². The molecule has 0 unspecified atom stereocenters. The maximum absolute atomic E-state index is 3.46. The maximum atomic E-state index is 3.46. The zero-order chi connectivity index (χ0) is 10.4. The predicted molar refractivity (Wildman–Crippen MR) is 63.8 cm³/mol. The monoisotopic (exact) mass is 212 g/mol. The Bertz CT molecular complexity index is 242. The van der Waals surface area contributed by atoms with Crippen LogP contribution < -0.4 is 10.6 Å². The summed E-state index contributed by atoms with van der Waals surface area (Å²) in [6.45, 7) is 9.58. The first-order chi connectivity index (χ1) is 6.64. The molecule has 14 heavy (non-hydrogen) atoms. The molecule has 0 aromatic carbocycles. The van der Waals surface area contributed by atoms with Crippen LogP contribution in [0.2, 0.25) is 0 Å². The quantitative estimate of drug-likeness (QED) is 0.755. The summed E-state index contributed by atoms with van der Waals surface area (Å²) in [5.41, 5.74) is 0.187. The van der Waals surface area contributed by atoms with E-state index in [1.165, 1.54) is 4.88 Å². The van der Waals surface area contributed by atoms with Crippen molar-refractivity contribution in [2.45, 2.75) is 32.9 Å². The summed E-state index contributed by atoms with van der Waals surface area (Å²) in [4.78, 5) is 1.40. The van der Waals surface area contributed by atoms with Crippen LogP contribution in [0, 0.1) is 0 Å². The molecule has 1 rings (SSSR count). The SMILES string of the molecule is CCNC(C)(C)CNCc1cccs1. The van der Waals surface area contributed by atoms with Gasteiger partial charge in [0.05, 0.1) is 0 Å². The van der Waals surface area contributed by atoms with E-state index in [1.54, 1.807) is 11.3 Å². The van der Waals surface area contributed by atoms with Crippen LogP contribution in [-0.4, -0.2) is 18.6 Å². The van der Waals surface area contributed by atoms with Gasteiger partial charge in [0.25, 0.3) is 0 Å². The van der Waals surface area contributed by atoms with E-state index in [1.807, 2.05) is 0 Å². The van der Waals surface area contributed by atoms with E-state index in [0.29, 0.717) is 0 Å². The Morgan fingerprint density at radius 2 is 2.21 bits per heavy atom. The number of hydrogen-bond acceptors (Lipinski definition) is 3. The van der Waals surface area contributed by atoms with E-state index in [4.69, 9.17) is 0 Å². The van der Waals surface area contributed by atoms with E-state index in [9.17, 15) is 0 Å². The van der Waals surface area contributed by atoms with Gasteiger partial charge in [0, 0.05) is 23.5 Å². The Kier molecular flexibility index (Phi) is 4.58. The summed E-state index contributed by atoms with van der Waals surface area (Å²) in [5, 5.41) is 9.02. The molecule has 0 aliphatic heterocycles. The van der Waals surface area contributed by atoms with Crippen molar-refractivity contribution in [3.8, 4) is 0 Å². The fourth-order valence-corrected chi connectivity index (χ4v) is 2.13. The first kappa shape index (κ1) is 11.7. The molecular weight excluding hydrogens is 192 g/mol. The summed E-state index contributed by atoms with van der Waals surface area (Å²) >= 11 is 1.80. The number of nitrogens with one attached hydrogen (secondary N) is 2. The van der Waals surface area contributed by atoms with Crippen molar-refractivity contribution in [1.29, 1.82) is 0 Å². The van der Waals surface area contributed by atoms with E-state index in [2.05, 4.69) is 48.9 Å². The topological polar surface area (TPSA) is 24.1 Å². The lowest BCUT2D eigenvalue weighted by atomic mass is 10.1. The summed E-state index contributed by atoms with van der Waals surface area (Å²) < 4.78 is 0. The van der Waals surface area contributed by atoms with E-state index in [-0.39, 0.29) is 5.54 Å². The molecule has 0 aliphatic carbocycles. The highest BCUT2D eigenvalue weighted by Gasteiger charge is 2.14. The van der Waals surface area contributed by atoms with Crippen LogP contribution in [0.4, 0.5) is 0 Å². The Labute approximate surface area is 90.7 Å². The summed E-state index contributed by atoms with van der Waals surface area (Å²) in [6.07, 6.45) is 0. The summed E-state index contributed by atoms with van der Waals surface area (Å²) in [6, 6.07) is 4.26. The third-order valence-corrected chi connectivity index (χ3v) is 2.98. The minimum atomic E-state index is 0.187. The highest BCUT2D eigenvalue weighted by atomic mass is 32.1. The second kappa shape index (κ2) is 5.49. The molecule has 0 fully saturated rings. The van der Waals surface area contributed by atoms with Gasteiger partial charge in [-0.1, -0.05) is 13.0 Å². The van der Waals surface area contributed by atoms with Gasteiger partial charge in [-0.3, -0.25) is 0 Å². The third-order valence-electron chi connectivity index (χ3n) is 2.10. The summed E-state index contributed by atoms with van der Waals surface area (Å²) in [5.74, 6) is 0. The fourth-order valence-electron chi connectivity index (χ4n) is 1.45. The molecule has 0 saturated carbocycles. The Morgan fingerprint density at radius 1 is 1.43 bits per heavy atom. The van der Waals surface area contributed by atoms with Gasteiger partial charge in [-0.15, -0.1) is 11.3 Å². The van der Waals surface area contributed by atoms with E-state index < -0.39 is 0 Å². The molecule has 0 radical (unpaired) electrons. The zero-order valence-electron chi connectivity index (χ0n) is 9.26. The van der Waals surface area contributed by atoms with Crippen molar-refractivity contribution in [1.82, 2.24) is 10.6 Å². The van der Waals surface area contributed by atoms with Gasteiger partial charge in [-0.2, -0.15) is 0 Å². The van der Waals surface area contributed by atoms with Crippen LogP contribution in [0.3, 0.4) is 0 Å². The number of likely N-dealkylation sites (N-methyl/N-ethyl adjacent to an activating group) is 1. The first-order valence-corrected chi connectivity index (χ1v) is 6.00. The lowest BCUT2D eigenvalue weighted by molar-refractivity contribution is 0.374. The third kappa shape index (κ3) is 4.22. The van der Waals surface area contributed by atoms with Crippen LogP contribution in [0.5, 0.6) is 0 Å². The van der Waals surface area contributed by atoms with Gasteiger partial charge in [-0.25, -0.2) is 0 Å². The van der Waals surface area contributed by atoms with Crippen LogP contribution in [0.25, 0.3) is 0 Å². The first-order valence-electron chi connectivity index (χ1n) is 5.12. The molecule has 0 saturated heterocycles. The van der Waals surface area contributed by atoms with Gasteiger partial charge in [0.2, 0.25) is 0 Å². The molecule has 80 valence electrons. The minimum absolute atomic E-state index is 0.187. The molecule has 1 heterocycles. The van der Waals surface area contributed by atoms with E-state index in [0.717, 1.165) is 19.6 Å². The minimum Gasteiger partial charge on any atom is -0.311 e. The second-order valence-corrected chi connectivity index (χ2v) is 5.13. The number of rotatable bonds is 6. The lowest BCUT2D eigenvalue weighted by Gasteiger charge is -2.25. The van der Waals surface area contributed by atoms with Crippen molar-refractivity contribution in [3.63, 3.8) is 0 Å². The smallest absolute Gasteiger partial charge is 0.0300 e. The average Bonchev–Trinajstić information content (AvgIpc) is 2.56. The molecule has 1 aromatic heterocycles. The molecule has 0 amide bonds. The molecular formula is C11H20N2S. The maximum Gasteiger partial charge on any atom is 0.0300 e. The van der Waals surface area contributed by atoms with Crippen molar-refractivity contribution in [2.24, 2.45) is 0 Å². The molecule has 0 aliphatic rings. The standard InChI is InChI=1S/C11H20N2S/c1-4-13-11(2,3)9-12-8-10-6-5-7-14-10/h5-7,12-13H,4,8-9H2,1-3H3. The summed E-state index contributed by atoms with van der Waals surface area (Å²) in [7, 11) is 0. The van der Waals surface area contributed by atoms with Crippen molar-refractivity contribution >= 4 is 11.3 Å². The van der Waals surface area contributed by atoms with Gasteiger partial charge in [-0.05, 0) is 31.8 Å². The Morgan fingerprint density at radius 3 is 2.79 bits per heavy atom. The highest BCUT2D eigenvalue weighted by molar-refractivity contribution is 7.09. The Balaban J connectivity index is 2.20. The molecule has 0 bridgehead atoms.